The zero-order chi connectivity index (χ0) is 15.9. The van der Waals surface area contributed by atoms with Gasteiger partial charge in [0.15, 0.2) is 0 Å². The number of halogens is 1. The molecule has 0 aliphatic heterocycles. The van der Waals surface area contributed by atoms with E-state index in [1.165, 1.54) is 11.8 Å². The molecule has 0 fully saturated rings. The molecule has 7 heteroatoms. The number of hydrogen-bond donors (Lipinski definition) is 1. The van der Waals surface area contributed by atoms with Gasteiger partial charge in [0.05, 0.1) is 17.9 Å². The van der Waals surface area contributed by atoms with Crippen molar-refractivity contribution < 1.29 is 14.3 Å². The van der Waals surface area contributed by atoms with Crippen molar-refractivity contribution in [3.8, 4) is 0 Å². The molecular formula is C15H14BrNO3S2. The van der Waals surface area contributed by atoms with Gasteiger partial charge >= 0.3 is 5.97 Å². The number of thioether (sulfide) groups is 1. The minimum atomic E-state index is -0.421. The molecule has 1 aromatic carbocycles. The summed E-state index contributed by atoms with van der Waals surface area (Å²) >= 11 is 6.30. The summed E-state index contributed by atoms with van der Waals surface area (Å²) in [4.78, 5) is 24.9. The summed E-state index contributed by atoms with van der Waals surface area (Å²) < 4.78 is 6.35. The normalized spacial score (nSPS) is 10.4. The van der Waals surface area contributed by atoms with Crippen LogP contribution < -0.4 is 5.73 Å². The summed E-state index contributed by atoms with van der Waals surface area (Å²) in [7, 11) is 0. The first kappa shape index (κ1) is 17.1. The SMILES string of the molecule is NC(=O)CSc1ccccc1C(=O)OCCc1sccc1Br. The number of esters is 1. The van der Waals surface area contributed by atoms with E-state index in [0.29, 0.717) is 23.5 Å². The molecule has 0 atom stereocenters. The van der Waals surface area contributed by atoms with Gasteiger partial charge in [-0.2, -0.15) is 0 Å². The van der Waals surface area contributed by atoms with Crippen molar-refractivity contribution in [2.75, 3.05) is 12.4 Å². The number of amides is 1. The standard InChI is InChI=1S/C15H14BrNO3S2/c16-11-6-8-21-13(11)5-7-20-15(19)10-3-1-2-4-12(10)22-9-14(17)18/h1-4,6,8H,5,7,9H2,(H2,17,18). The van der Waals surface area contributed by atoms with E-state index >= 15 is 0 Å². The van der Waals surface area contributed by atoms with Gasteiger partial charge in [0.25, 0.3) is 0 Å². The number of hydrogen-bond acceptors (Lipinski definition) is 5. The Kier molecular flexibility index (Phi) is 6.48. The molecule has 1 amide bonds. The third kappa shape index (κ3) is 4.86. The lowest BCUT2D eigenvalue weighted by Crippen LogP contribution is -2.14. The zero-order valence-electron chi connectivity index (χ0n) is 11.6. The molecule has 0 saturated heterocycles. The molecule has 0 aliphatic rings. The molecule has 0 bridgehead atoms. The largest absolute Gasteiger partial charge is 0.462 e. The summed E-state index contributed by atoms with van der Waals surface area (Å²) in [6, 6.07) is 9.01. The third-order valence-corrected chi connectivity index (χ3v) is 5.81. The van der Waals surface area contributed by atoms with Crippen LogP contribution in [0, 0.1) is 0 Å². The highest BCUT2D eigenvalue weighted by atomic mass is 79.9. The lowest BCUT2D eigenvalue weighted by Gasteiger charge is -2.08. The van der Waals surface area contributed by atoms with Gasteiger partial charge < -0.3 is 10.5 Å². The molecular weight excluding hydrogens is 386 g/mol. The third-order valence-electron chi connectivity index (χ3n) is 2.73. The molecule has 1 aromatic heterocycles. The maximum atomic E-state index is 12.2. The van der Waals surface area contributed by atoms with E-state index in [9.17, 15) is 9.59 Å². The molecule has 0 radical (unpaired) electrons. The first-order valence-electron chi connectivity index (χ1n) is 6.47. The maximum Gasteiger partial charge on any atom is 0.339 e. The highest BCUT2D eigenvalue weighted by molar-refractivity contribution is 9.10. The van der Waals surface area contributed by atoms with Crippen molar-refractivity contribution in [2.24, 2.45) is 5.73 Å². The maximum absolute atomic E-state index is 12.2. The monoisotopic (exact) mass is 399 g/mol. The fourth-order valence-corrected chi connectivity index (χ4v) is 4.04. The Morgan fingerprint density at radius 1 is 1.27 bits per heavy atom. The van der Waals surface area contributed by atoms with Crippen molar-refractivity contribution in [2.45, 2.75) is 11.3 Å². The topological polar surface area (TPSA) is 69.4 Å². The van der Waals surface area contributed by atoms with Gasteiger partial charge in [-0.3, -0.25) is 4.79 Å². The first-order chi connectivity index (χ1) is 10.6. The molecule has 2 rings (SSSR count). The fourth-order valence-electron chi connectivity index (χ4n) is 1.73. The number of rotatable bonds is 7. The molecule has 0 saturated carbocycles. The Balaban J connectivity index is 1.94. The van der Waals surface area contributed by atoms with Gasteiger partial charge in [-0.15, -0.1) is 23.1 Å². The minimum absolute atomic E-state index is 0.131. The number of carbonyl (C=O) groups is 2. The first-order valence-corrected chi connectivity index (χ1v) is 9.13. The van der Waals surface area contributed by atoms with Crippen LogP contribution in [0.15, 0.2) is 45.1 Å². The molecule has 2 aromatic rings. The Bertz CT molecular complexity index is 672. The molecule has 0 spiro atoms. The van der Waals surface area contributed by atoms with Crippen LogP contribution in [0.5, 0.6) is 0 Å². The quantitative estimate of drug-likeness (QED) is 0.571. The summed E-state index contributed by atoms with van der Waals surface area (Å²) in [5, 5.41) is 1.98. The predicted octanol–water partition coefficient (Wildman–Crippen LogP) is 3.49. The summed E-state index contributed by atoms with van der Waals surface area (Å²) in [5.41, 5.74) is 5.59. The fraction of sp³-hybridized carbons (Fsp3) is 0.200. The van der Waals surface area contributed by atoms with Gasteiger partial charge in [0.2, 0.25) is 5.91 Å². The molecule has 0 unspecified atom stereocenters. The molecule has 4 nitrogen and oxygen atoms in total. The van der Waals surface area contributed by atoms with Gasteiger partial charge in [-0.05, 0) is 39.5 Å². The molecule has 0 aliphatic carbocycles. The average Bonchev–Trinajstić information content (AvgIpc) is 2.90. The van der Waals surface area contributed by atoms with E-state index in [2.05, 4.69) is 15.9 Å². The minimum Gasteiger partial charge on any atom is -0.462 e. The predicted molar refractivity (Wildman–Crippen MR) is 92.4 cm³/mol. The van der Waals surface area contributed by atoms with Crippen LogP contribution in [0.25, 0.3) is 0 Å². The zero-order valence-corrected chi connectivity index (χ0v) is 14.8. The molecule has 1 heterocycles. The van der Waals surface area contributed by atoms with Crippen LogP contribution in [0.2, 0.25) is 0 Å². The highest BCUT2D eigenvalue weighted by Gasteiger charge is 2.13. The second-order valence-corrected chi connectivity index (χ2v) is 7.20. The number of ether oxygens (including phenoxy) is 1. The van der Waals surface area contributed by atoms with Gasteiger partial charge in [0, 0.05) is 20.7 Å². The molecule has 22 heavy (non-hydrogen) atoms. The number of primary amides is 1. The van der Waals surface area contributed by atoms with E-state index in [-0.39, 0.29) is 11.7 Å². The summed E-state index contributed by atoms with van der Waals surface area (Å²) in [6.07, 6.45) is 0.667. The van der Waals surface area contributed by atoms with Crippen LogP contribution in [0.3, 0.4) is 0 Å². The summed E-state index contributed by atoms with van der Waals surface area (Å²) in [6.45, 7) is 0.312. The number of nitrogens with two attached hydrogens (primary N) is 1. The molecule has 2 N–H and O–H groups in total. The second-order valence-electron chi connectivity index (χ2n) is 4.33. The van der Waals surface area contributed by atoms with Crippen molar-refractivity contribution in [1.82, 2.24) is 0 Å². The van der Waals surface area contributed by atoms with Crippen LogP contribution in [0.1, 0.15) is 15.2 Å². The van der Waals surface area contributed by atoms with Crippen LogP contribution in [-0.4, -0.2) is 24.2 Å². The van der Waals surface area contributed by atoms with E-state index < -0.39 is 5.91 Å². The van der Waals surface area contributed by atoms with Crippen molar-refractivity contribution in [1.29, 1.82) is 0 Å². The van der Waals surface area contributed by atoms with Crippen LogP contribution in [0.4, 0.5) is 0 Å². The summed E-state index contributed by atoms with van der Waals surface area (Å²) in [5.74, 6) is -0.678. The Labute approximate surface area is 145 Å². The van der Waals surface area contributed by atoms with E-state index in [1.54, 1.807) is 29.5 Å². The number of thiophene rings is 1. The van der Waals surface area contributed by atoms with Crippen LogP contribution in [-0.2, 0) is 16.0 Å². The Morgan fingerprint density at radius 3 is 2.73 bits per heavy atom. The lowest BCUT2D eigenvalue weighted by atomic mass is 10.2. The van der Waals surface area contributed by atoms with Crippen molar-refractivity contribution >= 4 is 50.9 Å². The number of carbonyl (C=O) groups excluding carboxylic acids is 2. The second kappa shape index (κ2) is 8.36. The Hall–Kier alpha value is -1.31. The van der Waals surface area contributed by atoms with Crippen molar-refractivity contribution in [3.05, 3.63) is 50.6 Å². The van der Waals surface area contributed by atoms with Crippen LogP contribution >= 0.6 is 39.0 Å². The molecule has 116 valence electrons. The van der Waals surface area contributed by atoms with Gasteiger partial charge in [-0.25, -0.2) is 4.79 Å². The highest BCUT2D eigenvalue weighted by Crippen LogP contribution is 2.24. The van der Waals surface area contributed by atoms with E-state index in [0.717, 1.165) is 9.35 Å². The van der Waals surface area contributed by atoms with E-state index in [1.807, 2.05) is 17.5 Å². The lowest BCUT2D eigenvalue weighted by molar-refractivity contribution is -0.115. The number of benzene rings is 1. The van der Waals surface area contributed by atoms with Gasteiger partial charge in [0.1, 0.15) is 0 Å². The average molecular weight is 400 g/mol. The smallest absolute Gasteiger partial charge is 0.339 e. The van der Waals surface area contributed by atoms with Gasteiger partial charge in [-0.1, -0.05) is 12.1 Å². The van der Waals surface area contributed by atoms with Crippen molar-refractivity contribution in [3.63, 3.8) is 0 Å². The van der Waals surface area contributed by atoms with E-state index in [4.69, 9.17) is 10.5 Å². The Morgan fingerprint density at radius 2 is 2.05 bits per heavy atom.